The van der Waals surface area contributed by atoms with Gasteiger partial charge in [0.15, 0.2) is 0 Å². The Morgan fingerprint density at radius 2 is 2.20 bits per heavy atom. The molecule has 1 amide bonds. The van der Waals surface area contributed by atoms with Crippen LogP contribution in [0.3, 0.4) is 0 Å². The zero-order valence-electron chi connectivity index (χ0n) is 17.2. The summed E-state index contributed by atoms with van der Waals surface area (Å²) >= 11 is 1.35. The topological polar surface area (TPSA) is 82.5 Å². The Morgan fingerprint density at radius 1 is 1.33 bits per heavy atom. The molecule has 1 aliphatic heterocycles. The van der Waals surface area contributed by atoms with Crippen molar-refractivity contribution in [3.63, 3.8) is 0 Å². The van der Waals surface area contributed by atoms with Gasteiger partial charge in [-0.05, 0) is 38.2 Å². The third-order valence-electron chi connectivity index (χ3n) is 5.62. The number of thioether (sulfide) groups is 1. The Morgan fingerprint density at radius 3 is 3.00 bits per heavy atom. The molecule has 8 heteroatoms. The molecule has 0 spiro atoms. The predicted molar refractivity (Wildman–Crippen MR) is 115 cm³/mol. The number of fused-ring (bicyclic) bond motifs is 1. The minimum Gasteiger partial charge on any atom is -0.496 e. The van der Waals surface area contributed by atoms with Crippen molar-refractivity contribution in [3.05, 3.63) is 51.6 Å². The van der Waals surface area contributed by atoms with Gasteiger partial charge in [-0.3, -0.25) is 9.36 Å². The summed E-state index contributed by atoms with van der Waals surface area (Å²) in [6.45, 7) is 1.75. The first kappa shape index (κ1) is 20.9. The standard InChI is InChI=1S/C22H27N3O4S/c1-28-19-10-3-2-6-15(19)12-23-20(26)14-30-21-17-8-4-9-18(17)25(22(27)24-21)13-16-7-5-11-29-16/h2-3,6,10,16H,4-5,7-9,11-14H2,1H3,(H,23,26)/t16-/m1/s1. The Hall–Kier alpha value is -2.32. The van der Waals surface area contributed by atoms with Gasteiger partial charge in [0.2, 0.25) is 5.91 Å². The average Bonchev–Trinajstić information content (AvgIpc) is 3.45. The number of ether oxygens (including phenoxy) is 2. The maximum absolute atomic E-state index is 12.7. The van der Waals surface area contributed by atoms with Crippen LogP contribution in [0.2, 0.25) is 0 Å². The first-order chi connectivity index (χ1) is 14.7. The molecule has 4 rings (SSSR count). The van der Waals surface area contributed by atoms with Crippen molar-refractivity contribution in [1.29, 1.82) is 0 Å². The molecule has 0 unspecified atom stereocenters. The summed E-state index contributed by atoms with van der Waals surface area (Å²) in [6.07, 6.45) is 4.94. The largest absolute Gasteiger partial charge is 0.496 e. The van der Waals surface area contributed by atoms with Crippen LogP contribution in [0, 0.1) is 0 Å². The zero-order chi connectivity index (χ0) is 20.9. The highest BCUT2D eigenvalue weighted by atomic mass is 32.2. The van der Waals surface area contributed by atoms with Crippen molar-refractivity contribution < 1.29 is 14.3 Å². The minimum absolute atomic E-state index is 0.0945. The van der Waals surface area contributed by atoms with Crippen molar-refractivity contribution in [2.24, 2.45) is 0 Å². The number of hydrogen-bond acceptors (Lipinski definition) is 6. The van der Waals surface area contributed by atoms with Crippen LogP contribution >= 0.6 is 11.8 Å². The molecule has 1 N–H and O–H groups in total. The van der Waals surface area contributed by atoms with Crippen LogP contribution in [-0.4, -0.2) is 41.0 Å². The van der Waals surface area contributed by atoms with Crippen LogP contribution in [-0.2, 0) is 35.5 Å². The highest BCUT2D eigenvalue weighted by Gasteiger charge is 2.25. The van der Waals surface area contributed by atoms with E-state index in [0.29, 0.717) is 18.1 Å². The zero-order valence-corrected chi connectivity index (χ0v) is 18.0. The van der Waals surface area contributed by atoms with E-state index < -0.39 is 0 Å². The van der Waals surface area contributed by atoms with Gasteiger partial charge in [0, 0.05) is 30.0 Å². The predicted octanol–water partition coefficient (Wildman–Crippen LogP) is 2.33. The van der Waals surface area contributed by atoms with Gasteiger partial charge in [0.05, 0.1) is 25.5 Å². The van der Waals surface area contributed by atoms with Crippen LogP contribution in [0.1, 0.15) is 36.1 Å². The second-order valence-electron chi connectivity index (χ2n) is 7.60. The van der Waals surface area contributed by atoms with E-state index in [9.17, 15) is 9.59 Å². The van der Waals surface area contributed by atoms with Gasteiger partial charge in [0.25, 0.3) is 0 Å². The van der Waals surface area contributed by atoms with Gasteiger partial charge < -0.3 is 14.8 Å². The van der Waals surface area contributed by atoms with Crippen LogP contribution in [0.25, 0.3) is 0 Å². The second kappa shape index (κ2) is 9.66. The van der Waals surface area contributed by atoms with Crippen molar-refractivity contribution in [2.45, 2.75) is 56.3 Å². The number of aromatic nitrogens is 2. The van der Waals surface area contributed by atoms with E-state index >= 15 is 0 Å². The highest BCUT2D eigenvalue weighted by Crippen LogP contribution is 2.29. The molecule has 2 aliphatic rings. The first-order valence-corrected chi connectivity index (χ1v) is 11.4. The van der Waals surface area contributed by atoms with Crippen molar-refractivity contribution in [3.8, 4) is 5.75 Å². The third-order valence-corrected chi connectivity index (χ3v) is 6.64. The number of nitrogens with one attached hydrogen (secondary N) is 1. The van der Waals surface area contributed by atoms with Gasteiger partial charge in [0.1, 0.15) is 10.8 Å². The van der Waals surface area contributed by atoms with Gasteiger partial charge in [-0.1, -0.05) is 30.0 Å². The quantitative estimate of drug-likeness (QED) is 0.512. The Bertz CT molecular complexity index is 969. The van der Waals surface area contributed by atoms with Crippen LogP contribution < -0.4 is 15.7 Å². The lowest BCUT2D eigenvalue weighted by molar-refractivity contribution is -0.118. The lowest BCUT2D eigenvalue weighted by atomic mass is 10.2. The van der Waals surface area contributed by atoms with E-state index in [1.165, 1.54) is 11.8 Å². The number of carbonyl (C=O) groups excluding carboxylic acids is 1. The van der Waals surface area contributed by atoms with E-state index in [4.69, 9.17) is 9.47 Å². The second-order valence-corrected chi connectivity index (χ2v) is 8.57. The number of carbonyl (C=O) groups is 1. The maximum Gasteiger partial charge on any atom is 0.348 e. The third kappa shape index (κ3) is 4.70. The van der Waals surface area contributed by atoms with E-state index in [1.807, 2.05) is 24.3 Å². The number of amides is 1. The number of hydrogen-bond donors (Lipinski definition) is 1. The summed E-state index contributed by atoms with van der Waals surface area (Å²) < 4.78 is 12.8. The number of nitrogens with zero attached hydrogens (tertiary/aromatic N) is 2. The number of methoxy groups -OCH3 is 1. The van der Waals surface area contributed by atoms with Crippen LogP contribution in [0.5, 0.6) is 5.75 Å². The molecular formula is C22H27N3O4S. The summed E-state index contributed by atoms with van der Waals surface area (Å²) in [6, 6.07) is 7.61. The smallest absolute Gasteiger partial charge is 0.348 e. The monoisotopic (exact) mass is 429 g/mol. The SMILES string of the molecule is COc1ccccc1CNC(=O)CSc1nc(=O)n(C[C@H]2CCCO2)c2c1CCC2. The minimum atomic E-state index is -0.233. The first-order valence-electron chi connectivity index (χ1n) is 10.4. The Labute approximate surface area is 180 Å². The molecule has 2 heterocycles. The summed E-state index contributed by atoms with van der Waals surface area (Å²) in [5.41, 5.74) is 2.88. The molecule has 0 bridgehead atoms. The molecule has 1 saturated heterocycles. The number of para-hydroxylation sites is 1. The number of rotatable bonds is 8. The van der Waals surface area contributed by atoms with Gasteiger partial charge >= 0.3 is 5.69 Å². The average molecular weight is 430 g/mol. The van der Waals surface area contributed by atoms with E-state index in [2.05, 4.69) is 10.3 Å². The fourth-order valence-electron chi connectivity index (χ4n) is 4.11. The fourth-order valence-corrected chi connectivity index (χ4v) is 5.02. The fraction of sp³-hybridized carbons (Fsp3) is 0.500. The Kier molecular flexibility index (Phi) is 6.74. The lowest BCUT2D eigenvalue weighted by Gasteiger charge is -2.17. The molecule has 7 nitrogen and oxygen atoms in total. The van der Waals surface area contributed by atoms with Crippen molar-refractivity contribution in [1.82, 2.24) is 14.9 Å². The molecule has 0 radical (unpaired) electrons. The molecule has 1 aromatic heterocycles. The van der Waals surface area contributed by atoms with Gasteiger partial charge in [-0.25, -0.2) is 4.79 Å². The summed E-state index contributed by atoms with van der Waals surface area (Å²) in [5, 5.41) is 3.62. The molecule has 30 heavy (non-hydrogen) atoms. The molecule has 1 aliphatic carbocycles. The van der Waals surface area contributed by atoms with Crippen molar-refractivity contribution >= 4 is 17.7 Å². The molecule has 1 fully saturated rings. The summed E-state index contributed by atoms with van der Waals surface area (Å²) in [5.74, 6) is 0.881. The Balaban J connectivity index is 1.40. The lowest BCUT2D eigenvalue weighted by Crippen LogP contribution is -2.32. The summed E-state index contributed by atoms with van der Waals surface area (Å²) in [4.78, 5) is 29.4. The maximum atomic E-state index is 12.7. The molecular weight excluding hydrogens is 402 g/mol. The molecule has 1 aromatic carbocycles. The highest BCUT2D eigenvalue weighted by molar-refractivity contribution is 7.99. The molecule has 0 saturated carbocycles. The van der Waals surface area contributed by atoms with E-state index in [1.54, 1.807) is 11.7 Å². The molecule has 2 aromatic rings. The van der Waals surface area contributed by atoms with Gasteiger partial charge in [-0.2, -0.15) is 4.98 Å². The van der Waals surface area contributed by atoms with Crippen molar-refractivity contribution in [2.75, 3.05) is 19.5 Å². The number of benzene rings is 1. The van der Waals surface area contributed by atoms with Crippen LogP contribution in [0.4, 0.5) is 0 Å². The molecule has 160 valence electrons. The van der Waals surface area contributed by atoms with Crippen LogP contribution in [0.15, 0.2) is 34.1 Å². The normalized spacial score (nSPS) is 17.7. The van der Waals surface area contributed by atoms with E-state index in [0.717, 1.165) is 61.3 Å². The molecule has 1 atom stereocenters. The van der Waals surface area contributed by atoms with E-state index in [-0.39, 0.29) is 23.5 Å². The van der Waals surface area contributed by atoms with Gasteiger partial charge in [-0.15, -0.1) is 0 Å². The summed E-state index contributed by atoms with van der Waals surface area (Å²) in [7, 11) is 1.61.